The van der Waals surface area contributed by atoms with Crippen LogP contribution >= 0.6 is 23.4 Å². The fourth-order valence-electron chi connectivity index (χ4n) is 2.52. The van der Waals surface area contributed by atoms with E-state index >= 15 is 0 Å². The van der Waals surface area contributed by atoms with Crippen molar-refractivity contribution < 1.29 is 28.4 Å². The van der Waals surface area contributed by atoms with Crippen molar-refractivity contribution in [3.8, 4) is 0 Å². The number of anilines is 1. The minimum absolute atomic E-state index is 0.0527. The number of rotatable bonds is 10. The zero-order chi connectivity index (χ0) is 23.7. The molecule has 170 valence electrons. The van der Waals surface area contributed by atoms with E-state index < -0.39 is 41.2 Å². The predicted octanol–water partition coefficient (Wildman–Crippen LogP) is 3.42. The third-order valence-electron chi connectivity index (χ3n) is 4.06. The lowest BCUT2D eigenvalue weighted by Gasteiger charge is -2.17. The number of thioether (sulfide) groups is 1. The maximum atomic E-state index is 13.2. The Morgan fingerprint density at radius 3 is 2.62 bits per heavy atom. The highest BCUT2D eigenvalue weighted by atomic mass is 35.5. The molecule has 1 unspecified atom stereocenters. The van der Waals surface area contributed by atoms with E-state index in [0.29, 0.717) is 5.75 Å². The number of hydrogen-bond acceptors (Lipinski definition) is 7. The Hall–Kier alpha value is -3.18. The van der Waals surface area contributed by atoms with Gasteiger partial charge in [-0.15, -0.1) is 0 Å². The summed E-state index contributed by atoms with van der Waals surface area (Å²) in [6.07, 6.45) is 2.02. The number of hydrogen-bond donors (Lipinski definition) is 2. The van der Waals surface area contributed by atoms with Gasteiger partial charge in [-0.2, -0.15) is 11.8 Å². The Labute approximate surface area is 191 Å². The summed E-state index contributed by atoms with van der Waals surface area (Å²) in [7, 11) is 0. The first-order valence-corrected chi connectivity index (χ1v) is 10.9. The van der Waals surface area contributed by atoms with Crippen molar-refractivity contribution in [2.24, 2.45) is 0 Å². The van der Waals surface area contributed by atoms with Gasteiger partial charge in [0.15, 0.2) is 6.61 Å². The van der Waals surface area contributed by atoms with E-state index in [-0.39, 0.29) is 28.4 Å². The second-order valence-electron chi connectivity index (χ2n) is 6.40. The van der Waals surface area contributed by atoms with Crippen LogP contribution in [0.5, 0.6) is 0 Å². The van der Waals surface area contributed by atoms with Crippen molar-refractivity contribution in [3.05, 3.63) is 69.0 Å². The zero-order valence-electron chi connectivity index (χ0n) is 16.8. The third-order valence-corrected chi connectivity index (χ3v) is 5.02. The second kappa shape index (κ2) is 12.0. The first kappa shape index (κ1) is 25.1. The molecule has 0 fully saturated rings. The standard InChI is InChI=1S/C20H19ClFN3O6S/c1-32-8-7-17(24-19(27)15-6-5-14(25(29)30)10-16(15)21)20(28)31-11-18(26)23-13-4-2-3-12(22)9-13/h2-6,9-10,17H,7-8,11H2,1H3,(H,23,26)(H,24,27). The summed E-state index contributed by atoms with van der Waals surface area (Å²) in [4.78, 5) is 47.1. The van der Waals surface area contributed by atoms with Gasteiger partial charge in [-0.05, 0) is 42.7 Å². The summed E-state index contributed by atoms with van der Waals surface area (Å²) in [5.41, 5.74) is -0.136. The lowest BCUT2D eigenvalue weighted by molar-refractivity contribution is -0.384. The molecule has 0 bridgehead atoms. The van der Waals surface area contributed by atoms with Gasteiger partial charge in [-0.1, -0.05) is 17.7 Å². The number of halogens is 2. The van der Waals surface area contributed by atoms with Crippen LogP contribution < -0.4 is 10.6 Å². The summed E-state index contributed by atoms with van der Waals surface area (Å²) in [5, 5.41) is 15.5. The molecular formula is C20H19ClFN3O6S. The zero-order valence-corrected chi connectivity index (χ0v) is 18.4. The summed E-state index contributed by atoms with van der Waals surface area (Å²) in [6.45, 7) is -0.640. The van der Waals surface area contributed by atoms with Crippen LogP contribution in [-0.4, -0.2) is 47.4 Å². The molecule has 0 aliphatic carbocycles. The molecule has 2 aromatic rings. The first-order chi connectivity index (χ1) is 15.2. The van der Waals surface area contributed by atoms with Crippen molar-refractivity contribution >= 4 is 52.5 Å². The van der Waals surface area contributed by atoms with Gasteiger partial charge < -0.3 is 15.4 Å². The topological polar surface area (TPSA) is 128 Å². The van der Waals surface area contributed by atoms with E-state index in [1.165, 1.54) is 36.0 Å². The number of carbonyl (C=O) groups excluding carboxylic acids is 3. The predicted molar refractivity (Wildman–Crippen MR) is 118 cm³/mol. The fourth-order valence-corrected chi connectivity index (χ4v) is 3.25. The fraction of sp³-hybridized carbons (Fsp3) is 0.250. The van der Waals surface area contributed by atoms with E-state index in [1.807, 2.05) is 6.26 Å². The van der Waals surface area contributed by atoms with Crippen LogP contribution in [0.1, 0.15) is 16.8 Å². The minimum Gasteiger partial charge on any atom is -0.454 e. The monoisotopic (exact) mass is 483 g/mol. The van der Waals surface area contributed by atoms with Crippen LogP contribution in [-0.2, 0) is 14.3 Å². The van der Waals surface area contributed by atoms with Gasteiger partial charge in [0.05, 0.1) is 15.5 Å². The molecule has 12 heteroatoms. The van der Waals surface area contributed by atoms with Gasteiger partial charge in [0, 0.05) is 17.8 Å². The molecule has 0 saturated carbocycles. The minimum atomic E-state index is -1.08. The lowest BCUT2D eigenvalue weighted by Crippen LogP contribution is -2.43. The maximum absolute atomic E-state index is 13.2. The first-order valence-electron chi connectivity index (χ1n) is 9.17. The number of non-ortho nitro benzene ring substituents is 1. The number of nitrogens with zero attached hydrogens (tertiary/aromatic N) is 1. The van der Waals surface area contributed by atoms with Crippen LogP contribution in [0.15, 0.2) is 42.5 Å². The number of carbonyl (C=O) groups is 3. The third kappa shape index (κ3) is 7.50. The normalized spacial score (nSPS) is 11.3. The van der Waals surface area contributed by atoms with Crippen molar-refractivity contribution in [1.82, 2.24) is 5.32 Å². The number of nitro groups is 1. The molecule has 9 nitrogen and oxygen atoms in total. The van der Waals surface area contributed by atoms with E-state index in [0.717, 1.165) is 18.2 Å². The van der Waals surface area contributed by atoms with Gasteiger partial charge >= 0.3 is 5.97 Å². The molecule has 0 aliphatic heterocycles. The highest BCUT2D eigenvalue weighted by Crippen LogP contribution is 2.22. The Bertz CT molecular complexity index is 1020. The van der Waals surface area contributed by atoms with Gasteiger partial charge in [0.25, 0.3) is 17.5 Å². The molecule has 2 N–H and O–H groups in total. The molecule has 2 aromatic carbocycles. The molecule has 2 amide bonds. The summed E-state index contributed by atoms with van der Waals surface area (Å²) >= 11 is 7.39. The number of ether oxygens (including phenoxy) is 1. The molecule has 0 heterocycles. The maximum Gasteiger partial charge on any atom is 0.329 e. The number of amides is 2. The van der Waals surface area contributed by atoms with Gasteiger partial charge in [-0.3, -0.25) is 19.7 Å². The van der Waals surface area contributed by atoms with E-state index in [9.17, 15) is 28.9 Å². The van der Waals surface area contributed by atoms with Crippen LogP contribution in [0.3, 0.4) is 0 Å². The van der Waals surface area contributed by atoms with E-state index in [1.54, 1.807) is 0 Å². The Morgan fingerprint density at radius 1 is 1.25 bits per heavy atom. The van der Waals surface area contributed by atoms with E-state index in [2.05, 4.69) is 10.6 Å². The van der Waals surface area contributed by atoms with Crippen molar-refractivity contribution in [2.75, 3.05) is 23.9 Å². The summed E-state index contributed by atoms with van der Waals surface area (Å²) in [5.74, 6) is -2.29. The molecule has 0 aliphatic rings. The quantitative estimate of drug-likeness (QED) is 0.301. The molecule has 0 spiro atoms. The molecular weight excluding hydrogens is 465 g/mol. The average Bonchev–Trinajstić information content (AvgIpc) is 2.74. The van der Waals surface area contributed by atoms with Crippen molar-refractivity contribution in [2.45, 2.75) is 12.5 Å². The van der Waals surface area contributed by atoms with Crippen molar-refractivity contribution in [3.63, 3.8) is 0 Å². The highest BCUT2D eigenvalue weighted by Gasteiger charge is 2.25. The number of nitro benzene ring substituents is 1. The van der Waals surface area contributed by atoms with Crippen LogP contribution in [0.25, 0.3) is 0 Å². The summed E-state index contributed by atoms with van der Waals surface area (Å²) in [6, 6.07) is 7.45. The Morgan fingerprint density at radius 2 is 2.00 bits per heavy atom. The lowest BCUT2D eigenvalue weighted by atomic mass is 10.1. The smallest absolute Gasteiger partial charge is 0.329 e. The molecule has 0 radical (unpaired) electrons. The van der Waals surface area contributed by atoms with Crippen LogP contribution in [0.4, 0.5) is 15.8 Å². The molecule has 0 aromatic heterocycles. The summed E-state index contributed by atoms with van der Waals surface area (Å²) < 4.78 is 18.2. The SMILES string of the molecule is CSCCC(NC(=O)c1ccc([N+](=O)[O-])cc1Cl)C(=O)OCC(=O)Nc1cccc(F)c1. The van der Waals surface area contributed by atoms with E-state index in [4.69, 9.17) is 16.3 Å². The molecule has 1 atom stereocenters. The number of esters is 1. The van der Waals surface area contributed by atoms with Gasteiger partial charge in [0.1, 0.15) is 11.9 Å². The largest absolute Gasteiger partial charge is 0.454 e. The molecule has 32 heavy (non-hydrogen) atoms. The van der Waals surface area contributed by atoms with Crippen LogP contribution in [0.2, 0.25) is 5.02 Å². The Kier molecular flexibility index (Phi) is 9.41. The second-order valence-corrected chi connectivity index (χ2v) is 7.79. The molecule has 2 rings (SSSR count). The number of nitrogens with one attached hydrogen (secondary N) is 2. The van der Waals surface area contributed by atoms with Gasteiger partial charge in [0.2, 0.25) is 0 Å². The molecule has 0 saturated heterocycles. The number of benzene rings is 2. The van der Waals surface area contributed by atoms with Gasteiger partial charge in [-0.25, -0.2) is 9.18 Å². The highest BCUT2D eigenvalue weighted by molar-refractivity contribution is 7.98. The van der Waals surface area contributed by atoms with Crippen molar-refractivity contribution in [1.29, 1.82) is 0 Å². The van der Waals surface area contributed by atoms with Crippen LogP contribution in [0, 0.1) is 15.9 Å². The Balaban J connectivity index is 2.00. The average molecular weight is 484 g/mol.